The zero-order valence-corrected chi connectivity index (χ0v) is 11.4. The summed E-state index contributed by atoms with van der Waals surface area (Å²) >= 11 is 3.49. The van der Waals surface area contributed by atoms with E-state index in [1.54, 1.807) is 7.11 Å². The maximum absolute atomic E-state index is 5.16. The summed E-state index contributed by atoms with van der Waals surface area (Å²) in [7, 11) is 1.67. The van der Waals surface area contributed by atoms with Gasteiger partial charge in [-0.3, -0.25) is 4.57 Å². The molecule has 0 fully saturated rings. The van der Waals surface area contributed by atoms with E-state index in [1.165, 1.54) is 0 Å². The van der Waals surface area contributed by atoms with Gasteiger partial charge in [-0.1, -0.05) is 15.9 Å². The van der Waals surface area contributed by atoms with Crippen molar-refractivity contribution in [2.45, 2.75) is 0 Å². The van der Waals surface area contributed by atoms with Crippen molar-refractivity contribution in [3.8, 4) is 11.4 Å². The number of methoxy groups -OCH3 is 1. The van der Waals surface area contributed by atoms with Crippen molar-refractivity contribution >= 4 is 27.0 Å². The van der Waals surface area contributed by atoms with Crippen molar-refractivity contribution in [2.24, 2.45) is 0 Å². The number of halogens is 1. The lowest BCUT2D eigenvalue weighted by atomic mass is 10.2. The molecule has 0 atom stereocenters. The van der Waals surface area contributed by atoms with E-state index in [9.17, 15) is 0 Å². The average molecular weight is 303 g/mol. The van der Waals surface area contributed by atoms with Crippen LogP contribution in [-0.4, -0.2) is 16.7 Å². The van der Waals surface area contributed by atoms with E-state index >= 15 is 0 Å². The summed E-state index contributed by atoms with van der Waals surface area (Å²) in [5, 5.41) is 0. The van der Waals surface area contributed by atoms with Crippen LogP contribution in [0.2, 0.25) is 0 Å². The van der Waals surface area contributed by atoms with Gasteiger partial charge >= 0.3 is 0 Å². The molecule has 1 aromatic heterocycles. The first-order chi connectivity index (χ1) is 8.78. The maximum Gasteiger partial charge on any atom is 0.119 e. The average Bonchev–Trinajstić information content (AvgIpc) is 2.82. The van der Waals surface area contributed by atoms with E-state index in [4.69, 9.17) is 4.74 Å². The number of ether oxygens (including phenoxy) is 1. The molecule has 3 nitrogen and oxygen atoms in total. The van der Waals surface area contributed by atoms with E-state index in [1.807, 2.05) is 42.7 Å². The molecule has 3 rings (SSSR count). The summed E-state index contributed by atoms with van der Waals surface area (Å²) in [6.45, 7) is 0. The SMILES string of the molecule is COc1ccc(-n2cnc3ccc(Br)cc32)cc1. The second kappa shape index (κ2) is 4.46. The van der Waals surface area contributed by atoms with Crippen LogP contribution in [0.1, 0.15) is 0 Å². The highest BCUT2D eigenvalue weighted by Gasteiger charge is 2.05. The Morgan fingerprint density at radius 3 is 2.61 bits per heavy atom. The number of aromatic nitrogens is 2. The zero-order chi connectivity index (χ0) is 12.5. The molecule has 0 aliphatic rings. The van der Waals surface area contributed by atoms with Crippen molar-refractivity contribution in [1.82, 2.24) is 9.55 Å². The quantitative estimate of drug-likeness (QED) is 0.720. The molecular formula is C14H11BrN2O. The summed E-state index contributed by atoms with van der Waals surface area (Å²) in [6.07, 6.45) is 1.83. The minimum atomic E-state index is 0.851. The van der Waals surface area contributed by atoms with Gasteiger partial charge in [0.2, 0.25) is 0 Å². The van der Waals surface area contributed by atoms with Crippen LogP contribution in [0.3, 0.4) is 0 Å². The van der Waals surface area contributed by atoms with E-state index in [0.717, 1.165) is 26.9 Å². The van der Waals surface area contributed by atoms with E-state index in [2.05, 4.69) is 31.5 Å². The smallest absolute Gasteiger partial charge is 0.119 e. The third-order valence-electron chi connectivity index (χ3n) is 2.86. The molecule has 90 valence electrons. The van der Waals surface area contributed by atoms with Gasteiger partial charge in [-0.15, -0.1) is 0 Å². The Labute approximate surface area is 113 Å². The molecule has 0 bridgehead atoms. The monoisotopic (exact) mass is 302 g/mol. The van der Waals surface area contributed by atoms with Crippen molar-refractivity contribution in [3.05, 3.63) is 53.3 Å². The number of rotatable bonds is 2. The fourth-order valence-corrected chi connectivity index (χ4v) is 2.28. The normalized spacial score (nSPS) is 10.8. The molecule has 0 saturated carbocycles. The van der Waals surface area contributed by atoms with Gasteiger partial charge in [-0.2, -0.15) is 0 Å². The standard InChI is InChI=1S/C14H11BrN2O/c1-18-12-5-3-11(4-6-12)17-9-16-13-7-2-10(15)8-14(13)17/h2-9H,1H3. The first-order valence-electron chi connectivity index (χ1n) is 5.55. The number of benzene rings is 2. The highest BCUT2D eigenvalue weighted by atomic mass is 79.9. The van der Waals surface area contributed by atoms with Crippen LogP contribution in [0, 0.1) is 0 Å². The van der Waals surface area contributed by atoms with Crippen molar-refractivity contribution in [1.29, 1.82) is 0 Å². The highest BCUT2D eigenvalue weighted by molar-refractivity contribution is 9.10. The Bertz CT molecular complexity index is 689. The van der Waals surface area contributed by atoms with Crippen molar-refractivity contribution in [2.75, 3.05) is 7.11 Å². The molecule has 4 heteroatoms. The molecule has 0 unspecified atom stereocenters. The van der Waals surface area contributed by atoms with Crippen molar-refractivity contribution in [3.63, 3.8) is 0 Å². The molecule has 2 aromatic carbocycles. The Morgan fingerprint density at radius 1 is 1.11 bits per heavy atom. The summed E-state index contributed by atoms with van der Waals surface area (Å²) < 4.78 is 8.26. The predicted octanol–water partition coefficient (Wildman–Crippen LogP) is 3.80. The van der Waals surface area contributed by atoms with E-state index < -0.39 is 0 Å². The minimum absolute atomic E-state index is 0.851. The van der Waals surface area contributed by atoms with Crippen LogP contribution in [-0.2, 0) is 0 Å². The van der Waals surface area contributed by atoms with Crippen LogP contribution in [0.25, 0.3) is 16.7 Å². The van der Waals surface area contributed by atoms with E-state index in [-0.39, 0.29) is 0 Å². The molecular weight excluding hydrogens is 292 g/mol. The number of hydrogen-bond acceptors (Lipinski definition) is 2. The molecule has 0 spiro atoms. The second-order valence-corrected chi connectivity index (χ2v) is 4.86. The summed E-state index contributed by atoms with van der Waals surface area (Å²) in [4.78, 5) is 4.39. The number of hydrogen-bond donors (Lipinski definition) is 0. The van der Waals surface area contributed by atoms with Crippen LogP contribution in [0.5, 0.6) is 5.75 Å². The fraction of sp³-hybridized carbons (Fsp3) is 0.0714. The molecule has 1 heterocycles. The topological polar surface area (TPSA) is 27.1 Å². The molecule has 0 saturated heterocycles. The molecule has 0 aliphatic carbocycles. The highest BCUT2D eigenvalue weighted by Crippen LogP contribution is 2.23. The summed E-state index contributed by atoms with van der Waals surface area (Å²) in [5.41, 5.74) is 3.12. The lowest BCUT2D eigenvalue weighted by Gasteiger charge is -2.05. The van der Waals surface area contributed by atoms with Crippen LogP contribution in [0.15, 0.2) is 53.3 Å². The molecule has 3 aromatic rings. The fourth-order valence-electron chi connectivity index (χ4n) is 1.93. The van der Waals surface area contributed by atoms with Crippen LogP contribution in [0.4, 0.5) is 0 Å². The molecule has 0 amide bonds. The Kier molecular flexibility index (Phi) is 2.80. The van der Waals surface area contributed by atoms with Crippen molar-refractivity contribution < 1.29 is 4.74 Å². The second-order valence-electron chi connectivity index (χ2n) is 3.95. The van der Waals surface area contributed by atoms with Gasteiger partial charge in [0.15, 0.2) is 0 Å². The zero-order valence-electron chi connectivity index (χ0n) is 9.80. The third-order valence-corrected chi connectivity index (χ3v) is 3.35. The van der Waals surface area contributed by atoms with Gasteiger partial charge in [0.1, 0.15) is 12.1 Å². The lowest BCUT2D eigenvalue weighted by Crippen LogP contribution is -1.92. The maximum atomic E-state index is 5.16. The number of imidazole rings is 1. The largest absolute Gasteiger partial charge is 0.497 e. The number of nitrogens with zero attached hydrogens (tertiary/aromatic N) is 2. The van der Waals surface area contributed by atoms with Gasteiger partial charge in [0.25, 0.3) is 0 Å². The third kappa shape index (κ3) is 1.88. The molecule has 0 N–H and O–H groups in total. The first kappa shape index (κ1) is 11.3. The van der Waals surface area contributed by atoms with Crippen LogP contribution < -0.4 is 4.74 Å². The van der Waals surface area contributed by atoms with Gasteiger partial charge < -0.3 is 4.74 Å². The molecule has 0 radical (unpaired) electrons. The van der Waals surface area contributed by atoms with Gasteiger partial charge in [0.05, 0.1) is 18.1 Å². The number of fused-ring (bicyclic) bond motifs is 1. The first-order valence-corrected chi connectivity index (χ1v) is 6.34. The Hall–Kier alpha value is -1.81. The van der Waals surface area contributed by atoms with Crippen LogP contribution >= 0.6 is 15.9 Å². The molecule has 18 heavy (non-hydrogen) atoms. The van der Waals surface area contributed by atoms with Gasteiger partial charge in [0, 0.05) is 10.2 Å². The Balaban J connectivity index is 2.15. The van der Waals surface area contributed by atoms with Gasteiger partial charge in [-0.25, -0.2) is 4.98 Å². The minimum Gasteiger partial charge on any atom is -0.497 e. The summed E-state index contributed by atoms with van der Waals surface area (Å²) in [5.74, 6) is 0.851. The summed E-state index contributed by atoms with van der Waals surface area (Å²) in [6, 6.07) is 14.0. The Morgan fingerprint density at radius 2 is 1.89 bits per heavy atom. The van der Waals surface area contributed by atoms with E-state index in [0.29, 0.717) is 0 Å². The molecule has 0 aliphatic heterocycles. The predicted molar refractivity (Wildman–Crippen MR) is 75.3 cm³/mol. The van der Waals surface area contributed by atoms with Gasteiger partial charge in [-0.05, 0) is 42.5 Å². The lowest BCUT2D eigenvalue weighted by molar-refractivity contribution is 0.415.